The van der Waals surface area contributed by atoms with Gasteiger partial charge in [0.05, 0.1) is 11.5 Å². The maximum atomic E-state index is 13.4. The van der Waals surface area contributed by atoms with E-state index in [-0.39, 0.29) is 6.61 Å². The van der Waals surface area contributed by atoms with Crippen molar-refractivity contribution in [2.75, 3.05) is 32.1 Å². The molecule has 198 valence electrons. The number of aryl methyl sites for hydroxylation is 1. The second kappa shape index (κ2) is 14.0. The third-order valence-corrected chi connectivity index (χ3v) is 8.96. The number of hydrogen-bond donors (Lipinski definition) is 0. The number of nitrogens with zero attached hydrogens (tertiary/aromatic N) is 1. The lowest BCUT2D eigenvalue weighted by Gasteiger charge is -2.22. The molecule has 0 aliphatic heterocycles. The normalized spacial score (nSPS) is 11.5. The molecule has 0 aliphatic carbocycles. The van der Waals surface area contributed by atoms with Crippen LogP contribution in [-0.4, -0.2) is 50.7 Å². The van der Waals surface area contributed by atoms with Crippen molar-refractivity contribution < 1.29 is 22.7 Å². The monoisotopic (exact) mass is 605 g/mol. The van der Waals surface area contributed by atoms with Gasteiger partial charge in [0.15, 0.2) is 6.61 Å². The minimum absolute atomic E-state index is 0.130. The van der Waals surface area contributed by atoms with Crippen LogP contribution < -0.4 is 4.74 Å². The maximum Gasteiger partial charge on any atom is 0.344 e. The molecule has 0 amide bonds. The van der Waals surface area contributed by atoms with Crippen molar-refractivity contribution in [2.24, 2.45) is 0 Å². The highest BCUT2D eigenvalue weighted by Crippen LogP contribution is 2.27. The van der Waals surface area contributed by atoms with E-state index in [1.165, 1.54) is 0 Å². The maximum absolute atomic E-state index is 13.4. The Bertz CT molecular complexity index is 1280. The summed E-state index contributed by atoms with van der Waals surface area (Å²) in [5, 5.41) is 0. The number of esters is 1. The Kier molecular flexibility index (Phi) is 11.1. The lowest BCUT2D eigenvalue weighted by molar-refractivity contribution is -0.145. The van der Waals surface area contributed by atoms with Crippen molar-refractivity contribution in [1.82, 2.24) is 4.31 Å². The SMILES string of the molecule is CCCN(CCSc1ccc(OCC(=O)OCC)c(C)c1)S(=O)(=O)c1ccc(-c2ccc(Br)cc2)cc1. The van der Waals surface area contributed by atoms with E-state index in [9.17, 15) is 13.2 Å². The predicted molar refractivity (Wildman–Crippen MR) is 153 cm³/mol. The average Bonchev–Trinajstić information content (AvgIpc) is 2.88. The minimum atomic E-state index is -3.61. The summed E-state index contributed by atoms with van der Waals surface area (Å²) in [6.45, 7) is 6.68. The first kappa shape index (κ1) is 29.2. The smallest absolute Gasteiger partial charge is 0.344 e. The molecule has 3 aromatic rings. The summed E-state index contributed by atoms with van der Waals surface area (Å²) in [6.07, 6.45) is 0.729. The highest BCUT2D eigenvalue weighted by Gasteiger charge is 2.23. The second-order valence-corrected chi connectivity index (χ2v) is 12.3. The van der Waals surface area contributed by atoms with Crippen LogP contribution in [0.25, 0.3) is 11.1 Å². The Balaban J connectivity index is 1.62. The molecule has 0 atom stereocenters. The number of halogens is 1. The topological polar surface area (TPSA) is 72.9 Å². The van der Waals surface area contributed by atoms with Crippen LogP contribution in [0.4, 0.5) is 0 Å². The lowest BCUT2D eigenvalue weighted by atomic mass is 10.1. The average molecular weight is 607 g/mol. The van der Waals surface area contributed by atoms with Gasteiger partial charge in [-0.1, -0.05) is 47.1 Å². The van der Waals surface area contributed by atoms with Crippen LogP contribution in [0.5, 0.6) is 5.75 Å². The number of hydrogen-bond acceptors (Lipinski definition) is 6. The molecule has 0 spiro atoms. The molecule has 6 nitrogen and oxygen atoms in total. The minimum Gasteiger partial charge on any atom is -0.482 e. The quantitative estimate of drug-likeness (QED) is 0.162. The van der Waals surface area contributed by atoms with Gasteiger partial charge in [-0.25, -0.2) is 13.2 Å². The Hall–Kier alpha value is -2.33. The van der Waals surface area contributed by atoms with Gasteiger partial charge in [0.25, 0.3) is 0 Å². The summed E-state index contributed by atoms with van der Waals surface area (Å²) in [4.78, 5) is 12.8. The first-order chi connectivity index (χ1) is 17.7. The van der Waals surface area contributed by atoms with Crippen LogP contribution in [0.2, 0.25) is 0 Å². The third-order valence-electron chi connectivity index (χ3n) is 5.55. The Morgan fingerprint density at radius 2 is 1.59 bits per heavy atom. The molecule has 3 aromatic carbocycles. The molecule has 0 radical (unpaired) electrons. The molecule has 0 aliphatic rings. The molecule has 0 aromatic heterocycles. The Labute approximate surface area is 232 Å². The van der Waals surface area contributed by atoms with Gasteiger partial charge in [0, 0.05) is 28.2 Å². The van der Waals surface area contributed by atoms with Crippen LogP contribution in [0.1, 0.15) is 25.8 Å². The molecular weight excluding hydrogens is 574 g/mol. The van der Waals surface area contributed by atoms with E-state index in [2.05, 4.69) is 15.9 Å². The van der Waals surface area contributed by atoms with Crippen LogP contribution in [0.3, 0.4) is 0 Å². The van der Waals surface area contributed by atoms with Gasteiger partial charge in [0.1, 0.15) is 5.75 Å². The number of benzene rings is 3. The number of ether oxygens (including phenoxy) is 2. The fourth-order valence-corrected chi connectivity index (χ4v) is 6.57. The van der Waals surface area contributed by atoms with Crippen LogP contribution >= 0.6 is 27.7 Å². The first-order valence-electron chi connectivity index (χ1n) is 12.1. The van der Waals surface area contributed by atoms with E-state index < -0.39 is 16.0 Å². The molecule has 0 fully saturated rings. The van der Waals surface area contributed by atoms with Gasteiger partial charge in [-0.05, 0) is 79.4 Å². The summed E-state index contributed by atoms with van der Waals surface area (Å²) < 4.78 is 39.8. The van der Waals surface area contributed by atoms with E-state index in [1.807, 2.05) is 68.4 Å². The van der Waals surface area contributed by atoms with Crippen LogP contribution in [0.15, 0.2) is 81.0 Å². The van der Waals surface area contributed by atoms with E-state index in [0.717, 1.165) is 32.5 Å². The van der Waals surface area contributed by atoms with Gasteiger partial charge < -0.3 is 9.47 Å². The molecule has 0 N–H and O–H groups in total. The van der Waals surface area contributed by atoms with Crippen molar-refractivity contribution in [3.8, 4) is 16.9 Å². The zero-order chi connectivity index (χ0) is 26.8. The lowest BCUT2D eigenvalue weighted by Crippen LogP contribution is -2.33. The zero-order valence-electron chi connectivity index (χ0n) is 21.3. The Morgan fingerprint density at radius 1 is 0.946 bits per heavy atom. The molecule has 0 saturated heterocycles. The summed E-state index contributed by atoms with van der Waals surface area (Å²) in [5.74, 6) is 0.832. The molecule has 0 unspecified atom stereocenters. The zero-order valence-corrected chi connectivity index (χ0v) is 24.5. The van der Waals surface area contributed by atoms with E-state index >= 15 is 0 Å². The summed E-state index contributed by atoms with van der Waals surface area (Å²) >= 11 is 5.02. The predicted octanol–water partition coefficient (Wildman–Crippen LogP) is 6.56. The van der Waals surface area contributed by atoms with Crippen molar-refractivity contribution in [3.63, 3.8) is 0 Å². The van der Waals surface area contributed by atoms with Gasteiger partial charge >= 0.3 is 5.97 Å². The summed E-state index contributed by atoms with van der Waals surface area (Å²) in [7, 11) is -3.61. The molecule has 0 saturated carbocycles. The molecule has 3 rings (SSSR count). The van der Waals surface area contributed by atoms with Crippen molar-refractivity contribution in [3.05, 3.63) is 76.8 Å². The number of thioether (sulfide) groups is 1. The van der Waals surface area contributed by atoms with Gasteiger partial charge in [-0.15, -0.1) is 11.8 Å². The molecular formula is C28H32BrNO5S2. The fraction of sp³-hybridized carbons (Fsp3) is 0.321. The van der Waals surface area contributed by atoms with Gasteiger partial charge in [-0.2, -0.15) is 4.31 Å². The van der Waals surface area contributed by atoms with E-state index in [4.69, 9.17) is 9.47 Å². The highest BCUT2D eigenvalue weighted by molar-refractivity contribution is 9.10. The largest absolute Gasteiger partial charge is 0.482 e. The first-order valence-corrected chi connectivity index (χ1v) is 15.3. The van der Waals surface area contributed by atoms with Crippen LogP contribution in [-0.2, 0) is 19.6 Å². The van der Waals surface area contributed by atoms with E-state index in [0.29, 0.717) is 36.1 Å². The highest BCUT2D eigenvalue weighted by atomic mass is 79.9. The molecule has 37 heavy (non-hydrogen) atoms. The number of carbonyl (C=O) groups is 1. The van der Waals surface area contributed by atoms with Crippen molar-refractivity contribution in [1.29, 1.82) is 0 Å². The Morgan fingerprint density at radius 3 is 2.19 bits per heavy atom. The summed E-state index contributed by atoms with van der Waals surface area (Å²) in [6, 6.07) is 20.7. The van der Waals surface area contributed by atoms with Gasteiger partial charge in [-0.3, -0.25) is 0 Å². The number of rotatable bonds is 13. The fourth-order valence-electron chi connectivity index (χ4n) is 3.69. The third kappa shape index (κ3) is 8.33. The second-order valence-electron chi connectivity index (χ2n) is 8.30. The van der Waals surface area contributed by atoms with E-state index in [1.54, 1.807) is 35.1 Å². The summed E-state index contributed by atoms with van der Waals surface area (Å²) in [5.41, 5.74) is 2.90. The molecule has 0 bridgehead atoms. The van der Waals surface area contributed by atoms with Gasteiger partial charge in [0.2, 0.25) is 10.0 Å². The van der Waals surface area contributed by atoms with Crippen LogP contribution in [0, 0.1) is 6.92 Å². The molecule has 9 heteroatoms. The number of sulfonamides is 1. The molecule has 0 heterocycles. The standard InChI is InChI=1S/C28H32BrNO5S2/c1-4-16-30(17-18-36-25-12-15-27(21(3)19-25)35-20-28(31)34-5-2)37(32,33)26-13-8-23(9-14-26)22-6-10-24(29)11-7-22/h6-15,19H,4-5,16-18,20H2,1-3H3. The van der Waals surface area contributed by atoms with Crippen molar-refractivity contribution in [2.45, 2.75) is 37.0 Å². The number of carbonyl (C=O) groups excluding carboxylic acids is 1. The van der Waals surface area contributed by atoms with Crippen molar-refractivity contribution >= 4 is 43.7 Å².